The van der Waals surface area contributed by atoms with E-state index >= 15 is 0 Å². The Labute approximate surface area is 151 Å². The molecule has 26 heavy (non-hydrogen) atoms. The van der Waals surface area contributed by atoms with Crippen molar-refractivity contribution in [3.8, 4) is 17.0 Å². The summed E-state index contributed by atoms with van der Waals surface area (Å²) in [7, 11) is 1.65. The van der Waals surface area contributed by atoms with Crippen molar-refractivity contribution in [1.29, 1.82) is 0 Å². The lowest BCUT2D eigenvalue weighted by Gasteiger charge is -2.06. The minimum absolute atomic E-state index is 0.0840. The summed E-state index contributed by atoms with van der Waals surface area (Å²) in [5.74, 6) is -0.234. The van der Waals surface area contributed by atoms with Gasteiger partial charge in [-0.2, -0.15) is 13.9 Å². The van der Waals surface area contributed by atoms with Gasteiger partial charge in [0.1, 0.15) is 11.6 Å². The van der Waals surface area contributed by atoms with Crippen molar-refractivity contribution in [1.82, 2.24) is 4.68 Å². The van der Waals surface area contributed by atoms with Crippen LogP contribution >= 0.6 is 11.3 Å². The van der Waals surface area contributed by atoms with Crippen LogP contribution in [-0.4, -0.2) is 24.5 Å². The number of rotatable bonds is 5. The van der Waals surface area contributed by atoms with Gasteiger partial charge >= 0.3 is 6.61 Å². The highest BCUT2D eigenvalue weighted by Gasteiger charge is 2.09. The zero-order valence-corrected chi connectivity index (χ0v) is 14.5. The van der Waals surface area contributed by atoms with Gasteiger partial charge in [-0.3, -0.25) is 4.99 Å². The van der Waals surface area contributed by atoms with Crippen molar-refractivity contribution in [2.75, 3.05) is 7.05 Å². The van der Waals surface area contributed by atoms with E-state index in [4.69, 9.17) is 0 Å². The lowest BCUT2D eigenvalue weighted by molar-refractivity contribution is -0.0498. The molecule has 1 aromatic heterocycles. The molecule has 0 spiro atoms. The molecule has 0 aliphatic carbocycles. The third-order valence-electron chi connectivity index (χ3n) is 3.44. The molecule has 0 atom stereocenters. The number of benzene rings is 2. The molecule has 8 heteroatoms. The number of ether oxygens (including phenoxy) is 1. The van der Waals surface area contributed by atoms with Gasteiger partial charge in [0.25, 0.3) is 0 Å². The van der Waals surface area contributed by atoms with Gasteiger partial charge in [0, 0.05) is 18.0 Å². The summed E-state index contributed by atoms with van der Waals surface area (Å²) in [6.07, 6.45) is 1.60. The number of hydrogen-bond acceptors (Lipinski definition) is 4. The van der Waals surface area contributed by atoms with E-state index in [1.54, 1.807) is 42.2 Å². The lowest BCUT2D eigenvalue weighted by atomic mass is 10.2. The lowest BCUT2D eigenvalue weighted by Crippen LogP contribution is -2.11. The van der Waals surface area contributed by atoms with Crippen molar-refractivity contribution in [3.05, 3.63) is 70.1 Å². The smallest absolute Gasteiger partial charge is 0.387 e. The van der Waals surface area contributed by atoms with Crippen molar-refractivity contribution in [2.45, 2.75) is 6.61 Å². The number of halogens is 3. The van der Waals surface area contributed by atoms with Gasteiger partial charge in [0.15, 0.2) is 0 Å². The average molecular weight is 377 g/mol. The normalized spacial score (nSPS) is 12.3. The monoisotopic (exact) mass is 377 g/mol. The summed E-state index contributed by atoms with van der Waals surface area (Å²) >= 11 is 1.39. The zero-order chi connectivity index (χ0) is 18.5. The Morgan fingerprint density at radius 1 is 1.08 bits per heavy atom. The maximum Gasteiger partial charge on any atom is 0.387 e. The van der Waals surface area contributed by atoms with Crippen LogP contribution in [0.15, 0.2) is 64.0 Å². The Kier molecular flexibility index (Phi) is 5.52. The van der Waals surface area contributed by atoms with Crippen LogP contribution in [0, 0.1) is 5.82 Å². The fourth-order valence-electron chi connectivity index (χ4n) is 2.24. The number of nitrogens with zero attached hydrogens (tertiary/aromatic N) is 3. The highest BCUT2D eigenvalue weighted by molar-refractivity contribution is 7.07. The van der Waals surface area contributed by atoms with Crippen molar-refractivity contribution in [2.24, 2.45) is 10.1 Å². The predicted molar refractivity (Wildman–Crippen MR) is 95.3 cm³/mol. The summed E-state index contributed by atoms with van der Waals surface area (Å²) in [5, 5.41) is 6.29. The number of alkyl halides is 2. The fraction of sp³-hybridized carbons (Fsp3) is 0.111. The molecule has 0 bridgehead atoms. The maximum absolute atomic E-state index is 13.0. The first-order valence-corrected chi connectivity index (χ1v) is 8.43. The molecular weight excluding hydrogens is 363 g/mol. The quantitative estimate of drug-likeness (QED) is 0.609. The van der Waals surface area contributed by atoms with Crippen LogP contribution in [-0.2, 0) is 0 Å². The number of thiazole rings is 1. The Morgan fingerprint density at radius 2 is 1.77 bits per heavy atom. The molecule has 2 aromatic carbocycles. The predicted octanol–water partition coefficient (Wildman–Crippen LogP) is 4.37. The van der Waals surface area contributed by atoms with Crippen molar-refractivity contribution >= 4 is 17.6 Å². The van der Waals surface area contributed by atoms with Gasteiger partial charge in [0.05, 0.1) is 11.9 Å². The largest absolute Gasteiger partial charge is 0.435 e. The summed E-state index contributed by atoms with van der Waals surface area (Å²) in [5.41, 5.74) is 2.25. The first-order valence-electron chi connectivity index (χ1n) is 7.55. The Hall–Kier alpha value is -2.87. The standard InChI is InChI=1S/C18H14F3N3OS/c1-22-18-24(23-10-12-2-6-14(19)7-3-12)16(11-26-18)13-4-8-15(9-5-13)25-17(20)21/h2-11,17H,1H3/b22-18?,23-10+. The maximum atomic E-state index is 13.0. The zero-order valence-electron chi connectivity index (χ0n) is 13.6. The third-order valence-corrected chi connectivity index (χ3v) is 4.35. The second kappa shape index (κ2) is 8.01. The van der Waals surface area contributed by atoms with Gasteiger partial charge in [-0.25, -0.2) is 9.07 Å². The minimum atomic E-state index is -2.86. The highest BCUT2D eigenvalue weighted by atomic mass is 32.1. The third kappa shape index (κ3) is 4.20. The molecule has 3 aromatic rings. The number of hydrogen-bond donors (Lipinski definition) is 0. The first kappa shape index (κ1) is 17.9. The molecule has 1 heterocycles. The van der Waals surface area contributed by atoms with E-state index in [0.29, 0.717) is 4.80 Å². The van der Waals surface area contributed by atoms with Gasteiger partial charge in [-0.05, 0) is 42.0 Å². The van der Waals surface area contributed by atoms with E-state index in [2.05, 4.69) is 14.8 Å². The van der Waals surface area contributed by atoms with Gasteiger partial charge < -0.3 is 4.74 Å². The Morgan fingerprint density at radius 3 is 2.38 bits per heavy atom. The van der Waals surface area contributed by atoms with Crippen LogP contribution < -0.4 is 9.54 Å². The molecule has 0 N–H and O–H groups in total. The molecule has 0 aliphatic rings. The van der Waals surface area contributed by atoms with Crippen LogP contribution in [0.3, 0.4) is 0 Å². The van der Waals surface area contributed by atoms with Crippen molar-refractivity contribution < 1.29 is 17.9 Å². The summed E-state index contributed by atoms with van der Waals surface area (Å²) in [4.78, 5) is 4.84. The SMILES string of the molecule is CN=c1scc(-c2ccc(OC(F)F)cc2)n1/N=C/c1ccc(F)cc1. The molecular formula is C18H14F3N3OS. The minimum Gasteiger partial charge on any atom is -0.435 e. The molecule has 3 rings (SSSR count). The highest BCUT2D eigenvalue weighted by Crippen LogP contribution is 2.24. The van der Waals surface area contributed by atoms with E-state index in [1.807, 2.05) is 5.38 Å². The molecule has 0 fully saturated rings. The van der Waals surface area contributed by atoms with Gasteiger partial charge in [-0.1, -0.05) is 12.1 Å². The summed E-state index contributed by atoms with van der Waals surface area (Å²) in [6.45, 7) is -2.86. The van der Waals surface area contributed by atoms with E-state index in [9.17, 15) is 13.2 Å². The molecule has 0 amide bonds. The van der Waals surface area contributed by atoms with Crippen molar-refractivity contribution in [3.63, 3.8) is 0 Å². The van der Waals surface area contributed by atoms with E-state index in [0.717, 1.165) is 16.8 Å². The molecule has 0 saturated heterocycles. The molecule has 0 saturated carbocycles. The molecule has 134 valence electrons. The summed E-state index contributed by atoms with van der Waals surface area (Å²) < 4.78 is 43.5. The topological polar surface area (TPSA) is 38.9 Å². The number of aromatic nitrogens is 1. The average Bonchev–Trinajstić information content (AvgIpc) is 3.04. The van der Waals surface area contributed by atoms with E-state index in [-0.39, 0.29) is 11.6 Å². The van der Waals surface area contributed by atoms with E-state index in [1.165, 1.54) is 35.6 Å². The summed E-state index contributed by atoms with van der Waals surface area (Å²) in [6, 6.07) is 12.2. The Bertz CT molecular complexity index is 961. The Balaban J connectivity index is 1.94. The molecule has 0 radical (unpaired) electrons. The second-order valence-corrected chi connectivity index (χ2v) is 5.97. The fourth-order valence-corrected chi connectivity index (χ4v) is 3.04. The molecule has 0 unspecified atom stereocenters. The van der Waals surface area contributed by atoms with Crippen LogP contribution in [0.2, 0.25) is 0 Å². The first-order chi connectivity index (χ1) is 12.6. The van der Waals surface area contributed by atoms with E-state index < -0.39 is 6.61 Å². The van der Waals surface area contributed by atoms with Gasteiger partial charge in [0.2, 0.25) is 4.80 Å². The van der Waals surface area contributed by atoms with Crippen LogP contribution in [0.1, 0.15) is 5.56 Å². The van der Waals surface area contributed by atoms with Gasteiger partial charge in [-0.15, -0.1) is 11.3 Å². The molecule has 0 aliphatic heterocycles. The molecule has 4 nitrogen and oxygen atoms in total. The second-order valence-electron chi connectivity index (χ2n) is 5.14. The van der Waals surface area contributed by atoms with Crippen LogP contribution in [0.25, 0.3) is 11.3 Å². The van der Waals surface area contributed by atoms with Crippen LogP contribution in [0.4, 0.5) is 13.2 Å². The van der Waals surface area contributed by atoms with Crippen LogP contribution in [0.5, 0.6) is 5.75 Å².